The molecule has 0 aliphatic heterocycles. The van der Waals surface area contributed by atoms with E-state index in [0.717, 1.165) is 21.5 Å². The number of hydrogen-bond acceptors (Lipinski definition) is 5. The number of hydrogen-bond donors (Lipinski definition) is 2. The summed E-state index contributed by atoms with van der Waals surface area (Å²) in [5, 5.41) is 10.4. The van der Waals surface area contributed by atoms with Crippen LogP contribution in [0, 0.1) is 6.92 Å². The smallest absolute Gasteiger partial charge is 0.416 e. The maximum atomic E-state index is 12.9. The summed E-state index contributed by atoms with van der Waals surface area (Å²) in [7, 11) is 0. The first-order valence-electron chi connectivity index (χ1n) is 10.1. The fraction of sp³-hybridized carbons (Fsp3) is 0.217. The monoisotopic (exact) mass is 544 g/mol. The zero-order valence-corrected chi connectivity index (χ0v) is 20.3. The Hall–Kier alpha value is -2.79. The summed E-state index contributed by atoms with van der Waals surface area (Å²) in [6.45, 7) is 0.753. The molecule has 4 rings (SSSR count). The minimum atomic E-state index is -4.93. The molecule has 12 heteroatoms. The highest BCUT2D eigenvalue weighted by Crippen LogP contribution is 2.39. The Bertz CT molecular complexity index is 1530. The minimum absolute atomic E-state index is 0.0183. The number of benzene rings is 2. The van der Waals surface area contributed by atoms with Crippen LogP contribution >= 0.6 is 34.5 Å². The number of thiophene rings is 1. The van der Waals surface area contributed by atoms with Crippen molar-refractivity contribution >= 4 is 44.8 Å². The maximum absolute atomic E-state index is 12.9. The van der Waals surface area contributed by atoms with Gasteiger partial charge in [0.05, 0.1) is 17.0 Å². The standard InChI is InChI=1S/C23H17Cl2F3N2O4S/c1-11-18-20(32)29-22(33)30(9-17(31)23(26,27)28)21(18)35-19(11)12-6-7-16(15(25)8-12)34-10-13-4-2-3-5-14(13)24/h2-8,17,31H,9-10H2,1H3,(H,29,32,33). The average Bonchev–Trinajstić information content (AvgIpc) is 3.13. The lowest BCUT2D eigenvalue weighted by atomic mass is 10.1. The summed E-state index contributed by atoms with van der Waals surface area (Å²) in [5.41, 5.74) is 0.0391. The molecule has 0 saturated carbocycles. The molecule has 184 valence electrons. The Morgan fingerprint density at radius 2 is 1.86 bits per heavy atom. The Balaban J connectivity index is 1.71. The van der Waals surface area contributed by atoms with Crippen molar-refractivity contribution in [3.05, 3.63) is 84.5 Å². The van der Waals surface area contributed by atoms with Crippen LogP contribution in [0.2, 0.25) is 10.0 Å². The van der Waals surface area contributed by atoms with Crippen LogP contribution in [0.3, 0.4) is 0 Å². The molecule has 0 saturated heterocycles. The Labute approximate surface area is 210 Å². The van der Waals surface area contributed by atoms with Crippen LogP contribution in [0.25, 0.3) is 20.7 Å². The van der Waals surface area contributed by atoms with E-state index in [1.807, 2.05) is 17.1 Å². The number of aromatic amines is 1. The lowest BCUT2D eigenvalue weighted by Gasteiger charge is -2.15. The van der Waals surface area contributed by atoms with Gasteiger partial charge in [-0.25, -0.2) is 4.79 Å². The van der Waals surface area contributed by atoms with Crippen LogP contribution in [0.5, 0.6) is 5.75 Å². The third-order valence-corrected chi connectivity index (χ3v) is 7.36. The Morgan fingerprint density at radius 1 is 1.14 bits per heavy atom. The lowest BCUT2D eigenvalue weighted by molar-refractivity contribution is -0.207. The van der Waals surface area contributed by atoms with Crippen LogP contribution in [0.1, 0.15) is 11.1 Å². The molecule has 1 unspecified atom stereocenters. The molecule has 2 heterocycles. The Morgan fingerprint density at radius 3 is 2.51 bits per heavy atom. The number of aryl methyl sites for hydroxylation is 1. The van der Waals surface area contributed by atoms with E-state index >= 15 is 0 Å². The molecule has 2 aromatic heterocycles. The van der Waals surface area contributed by atoms with Gasteiger partial charge in [-0.1, -0.05) is 41.4 Å². The first-order chi connectivity index (χ1) is 16.5. The van der Waals surface area contributed by atoms with Gasteiger partial charge < -0.3 is 9.84 Å². The van der Waals surface area contributed by atoms with Crippen molar-refractivity contribution in [2.75, 3.05) is 0 Å². The molecule has 1 atom stereocenters. The molecule has 2 aromatic carbocycles. The van der Waals surface area contributed by atoms with E-state index in [1.165, 1.54) is 0 Å². The lowest BCUT2D eigenvalue weighted by Crippen LogP contribution is -2.38. The van der Waals surface area contributed by atoms with Gasteiger partial charge in [-0.2, -0.15) is 13.2 Å². The molecule has 35 heavy (non-hydrogen) atoms. The summed E-state index contributed by atoms with van der Waals surface area (Å²) in [4.78, 5) is 27.3. The molecule has 0 amide bonds. The minimum Gasteiger partial charge on any atom is -0.487 e. The van der Waals surface area contributed by atoms with Crippen molar-refractivity contribution in [3.63, 3.8) is 0 Å². The van der Waals surface area contributed by atoms with Crippen molar-refractivity contribution in [2.24, 2.45) is 0 Å². The summed E-state index contributed by atoms with van der Waals surface area (Å²) >= 11 is 13.5. The van der Waals surface area contributed by atoms with E-state index in [9.17, 15) is 27.9 Å². The first-order valence-corrected chi connectivity index (χ1v) is 11.7. The van der Waals surface area contributed by atoms with Crippen molar-refractivity contribution in [2.45, 2.75) is 32.4 Å². The zero-order valence-electron chi connectivity index (χ0n) is 18.0. The highest BCUT2D eigenvalue weighted by atomic mass is 35.5. The number of ether oxygens (including phenoxy) is 1. The topological polar surface area (TPSA) is 84.3 Å². The predicted octanol–water partition coefficient (Wildman–Crippen LogP) is 5.54. The molecule has 2 N–H and O–H groups in total. The van der Waals surface area contributed by atoms with E-state index in [4.69, 9.17) is 27.9 Å². The summed E-state index contributed by atoms with van der Waals surface area (Å²) in [6, 6.07) is 12.1. The largest absolute Gasteiger partial charge is 0.487 e. The van der Waals surface area contributed by atoms with Crippen LogP contribution in [0.15, 0.2) is 52.1 Å². The van der Waals surface area contributed by atoms with Crippen molar-refractivity contribution in [1.29, 1.82) is 0 Å². The van der Waals surface area contributed by atoms with Crippen LogP contribution in [-0.2, 0) is 13.2 Å². The highest BCUT2D eigenvalue weighted by Gasteiger charge is 2.39. The first kappa shape index (κ1) is 25.3. The molecule has 6 nitrogen and oxygen atoms in total. The van der Waals surface area contributed by atoms with E-state index in [1.54, 1.807) is 37.3 Å². The molecular formula is C23H17Cl2F3N2O4S. The van der Waals surface area contributed by atoms with Gasteiger partial charge in [-0.15, -0.1) is 11.3 Å². The fourth-order valence-corrected chi connectivity index (χ4v) is 5.26. The quantitative estimate of drug-likeness (QED) is 0.334. The summed E-state index contributed by atoms with van der Waals surface area (Å²) < 4.78 is 45.2. The maximum Gasteiger partial charge on any atom is 0.416 e. The second-order valence-corrected chi connectivity index (χ2v) is 9.50. The van der Waals surface area contributed by atoms with Crippen LogP contribution < -0.4 is 16.0 Å². The van der Waals surface area contributed by atoms with Crippen LogP contribution in [-0.4, -0.2) is 26.9 Å². The molecule has 0 fully saturated rings. The van der Waals surface area contributed by atoms with E-state index in [2.05, 4.69) is 0 Å². The predicted molar refractivity (Wildman–Crippen MR) is 130 cm³/mol. The van der Waals surface area contributed by atoms with Gasteiger partial charge in [0.25, 0.3) is 5.56 Å². The molecule has 0 spiro atoms. The zero-order chi connectivity index (χ0) is 25.5. The number of nitrogens with zero attached hydrogens (tertiary/aromatic N) is 1. The second kappa shape index (κ2) is 9.69. The fourth-order valence-electron chi connectivity index (χ4n) is 3.52. The molecule has 0 aliphatic rings. The number of rotatable bonds is 6. The molecule has 0 aliphatic carbocycles. The molecule has 4 aromatic rings. The number of aliphatic hydroxyl groups is 1. The Kier molecular flexibility index (Phi) is 7.01. The molecule has 0 radical (unpaired) electrons. The van der Waals surface area contributed by atoms with Crippen LogP contribution in [0.4, 0.5) is 13.2 Å². The molecule has 0 bridgehead atoms. The summed E-state index contributed by atoms with van der Waals surface area (Å²) in [6.07, 6.45) is -7.70. The van der Waals surface area contributed by atoms with Gasteiger partial charge in [0.1, 0.15) is 17.2 Å². The number of aromatic nitrogens is 2. The number of alkyl halides is 3. The average molecular weight is 545 g/mol. The number of fused-ring (bicyclic) bond motifs is 1. The highest BCUT2D eigenvalue weighted by molar-refractivity contribution is 7.22. The second-order valence-electron chi connectivity index (χ2n) is 7.69. The van der Waals surface area contributed by atoms with Crippen molar-refractivity contribution in [1.82, 2.24) is 9.55 Å². The third kappa shape index (κ3) is 5.11. The van der Waals surface area contributed by atoms with Gasteiger partial charge >= 0.3 is 11.9 Å². The number of halogens is 5. The summed E-state index contributed by atoms with van der Waals surface area (Å²) in [5.74, 6) is 0.386. The number of aliphatic hydroxyl groups excluding tert-OH is 1. The van der Waals surface area contributed by atoms with Gasteiger partial charge in [0, 0.05) is 15.5 Å². The van der Waals surface area contributed by atoms with E-state index in [-0.39, 0.29) is 21.8 Å². The normalized spacial score (nSPS) is 12.8. The van der Waals surface area contributed by atoms with E-state index < -0.39 is 30.1 Å². The van der Waals surface area contributed by atoms with Gasteiger partial charge in [0.15, 0.2) is 6.10 Å². The molecular weight excluding hydrogens is 528 g/mol. The van der Waals surface area contributed by atoms with Gasteiger partial charge in [0.2, 0.25) is 0 Å². The van der Waals surface area contributed by atoms with Crippen molar-refractivity contribution in [3.8, 4) is 16.2 Å². The van der Waals surface area contributed by atoms with E-state index in [0.29, 0.717) is 26.8 Å². The van der Waals surface area contributed by atoms with Gasteiger partial charge in [-0.3, -0.25) is 14.3 Å². The number of H-pyrrole nitrogens is 1. The third-order valence-electron chi connectivity index (χ3n) is 5.33. The van der Waals surface area contributed by atoms with Gasteiger partial charge in [-0.05, 0) is 42.3 Å². The SMILES string of the molecule is Cc1c(-c2ccc(OCc3ccccc3Cl)c(Cl)c2)sc2c1c(=O)[nH]c(=O)n2CC(O)C(F)(F)F. The van der Waals surface area contributed by atoms with Crippen molar-refractivity contribution < 1.29 is 23.0 Å². The number of nitrogens with one attached hydrogen (secondary N) is 1.